The van der Waals surface area contributed by atoms with Gasteiger partial charge in [-0.2, -0.15) is 0 Å². The topological polar surface area (TPSA) is 29.3 Å². The Balaban J connectivity index is 1.34. The maximum atomic E-state index is 6.55. The predicted molar refractivity (Wildman–Crippen MR) is 192 cm³/mol. The molecule has 46 heavy (non-hydrogen) atoms. The van der Waals surface area contributed by atoms with Gasteiger partial charge in [-0.15, -0.1) is 0 Å². The Morgan fingerprint density at radius 1 is 0.457 bits per heavy atom. The molecule has 0 aliphatic carbocycles. The van der Waals surface area contributed by atoms with Crippen LogP contribution in [0.15, 0.2) is 174 Å². The highest BCUT2D eigenvalue weighted by atomic mass is 16.3. The van der Waals surface area contributed by atoms with E-state index in [1.54, 1.807) is 0 Å². The summed E-state index contributed by atoms with van der Waals surface area (Å²) in [5.74, 6) is 0. The van der Waals surface area contributed by atoms with E-state index >= 15 is 0 Å². The van der Waals surface area contributed by atoms with Crippen LogP contribution < -0.4 is 4.90 Å². The fraction of sp³-hybridized carbons (Fsp3) is 0. The molecule has 216 valence electrons. The van der Waals surface area contributed by atoms with Crippen molar-refractivity contribution in [3.63, 3.8) is 0 Å². The molecule has 0 bridgehead atoms. The van der Waals surface area contributed by atoms with E-state index in [0.29, 0.717) is 5.71 Å². The number of furan rings is 1. The Bertz CT molecular complexity index is 2540. The summed E-state index contributed by atoms with van der Waals surface area (Å²) in [5, 5.41) is 6.72. The van der Waals surface area contributed by atoms with E-state index in [2.05, 4.69) is 169 Å². The van der Waals surface area contributed by atoms with Crippen molar-refractivity contribution in [3.05, 3.63) is 170 Å². The first-order valence-corrected chi connectivity index (χ1v) is 15.6. The van der Waals surface area contributed by atoms with Crippen LogP contribution in [-0.2, 0) is 0 Å². The summed E-state index contributed by atoms with van der Waals surface area (Å²) in [6.45, 7) is 0. The number of aromatic nitrogens is 1. The molecular weight excluding hydrogens is 560 g/mol. The third-order valence-electron chi connectivity index (χ3n) is 8.92. The standard InChI is InChI=1S/C43H28N2O/c1-2-12-30(13-3-1)36-20-8-9-23-39(36)45(33-18-10-17-32(28-33)35-22-11-16-29-14-4-6-19-34(29)35)40-26-27-44-43-41(40)38-25-24-31-15-5-7-21-37(31)42(38)46-43/h1-28H. The van der Waals surface area contributed by atoms with Gasteiger partial charge in [-0.1, -0.05) is 133 Å². The van der Waals surface area contributed by atoms with Crippen molar-refractivity contribution < 1.29 is 4.42 Å². The molecule has 9 aromatic rings. The highest BCUT2D eigenvalue weighted by molar-refractivity contribution is 6.19. The second-order valence-corrected chi connectivity index (χ2v) is 11.6. The minimum atomic E-state index is 0.622. The minimum absolute atomic E-state index is 0.622. The maximum Gasteiger partial charge on any atom is 0.229 e. The monoisotopic (exact) mass is 588 g/mol. The van der Waals surface area contributed by atoms with Gasteiger partial charge < -0.3 is 9.32 Å². The summed E-state index contributed by atoms with van der Waals surface area (Å²) in [5.41, 5.74) is 9.27. The van der Waals surface area contributed by atoms with E-state index in [1.807, 2.05) is 6.20 Å². The van der Waals surface area contributed by atoms with Gasteiger partial charge in [0.25, 0.3) is 0 Å². The molecule has 0 saturated heterocycles. The third kappa shape index (κ3) is 4.25. The molecule has 0 fully saturated rings. The molecule has 0 saturated carbocycles. The smallest absolute Gasteiger partial charge is 0.229 e. The van der Waals surface area contributed by atoms with Gasteiger partial charge in [0, 0.05) is 28.2 Å². The number of para-hydroxylation sites is 1. The van der Waals surface area contributed by atoms with Crippen LogP contribution in [-0.4, -0.2) is 4.98 Å². The molecule has 0 radical (unpaired) electrons. The summed E-state index contributed by atoms with van der Waals surface area (Å²) in [6, 6.07) is 58.0. The summed E-state index contributed by atoms with van der Waals surface area (Å²) < 4.78 is 6.55. The van der Waals surface area contributed by atoms with Crippen molar-refractivity contribution in [2.24, 2.45) is 0 Å². The van der Waals surface area contributed by atoms with Crippen LogP contribution in [0, 0.1) is 0 Å². The van der Waals surface area contributed by atoms with Crippen molar-refractivity contribution >= 4 is 60.7 Å². The zero-order valence-corrected chi connectivity index (χ0v) is 25.0. The lowest BCUT2D eigenvalue weighted by Gasteiger charge is -2.28. The average molecular weight is 589 g/mol. The molecule has 0 aliphatic heterocycles. The quantitative estimate of drug-likeness (QED) is 0.200. The van der Waals surface area contributed by atoms with E-state index in [1.165, 1.54) is 16.3 Å². The fourth-order valence-corrected chi connectivity index (χ4v) is 6.82. The van der Waals surface area contributed by atoms with Crippen LogP contribution >= 0.6 is 0 Å². The molecule has 0 atom stereocenters. The Hall–Kier alpha value is -6.19. The lowest BCUT2D eigenvalue weighted by Crippen LogP contribution is -2.12. The second kappa shape index (κ2) is 10.8. The number of pyridine rings is 1. The highest BCUT2D eigenvalue weighted by Gasteiger charge is 2.23. The molecule has 0 amide bonds. The van der Waals surface area contributed by atoms with Gasteiger partial charge >= 0.3 is 0 Å². The Morgan fingerprint density at radius 3 is 2.02 bits per heavy atom. The van der Waals surface area contributed by atoms with E-state index in [-0.39, 0.29) is 0 Å². The van der Waals surface area contributed by atoms with E-state index in [0.717, 1.165) is 60.9 Å². The maximum absolute atomic E-state index is 6.55. The molecule has 0 aliphatic rings. The van der Waals surface area contributed by atoms with Crippen molar-refractivity contribution in [2.75, 3.05) is 4.90 Å². The Labute approximate surface area is 266 Å². The lowest BCUT2D eigenvalue weighted by atomic mass is 9.97. The SMILES string of the molecule is c1ccc(-c2ccccc2N(c2cccc(-c3cccc4ccccc34)c2)c2ccnc3oc4c5ccccc5ccc4c23)cc1. The largest absolute Gasteiger partial charge is 0.437 e. The molecule has 0 unspecified atom stereocenters. The minimum Gasteiger partial charge on any atom is -0.437 e. The number of anilines is 3. The fourth-order valence-electron chi connectivity index (χ4n) is 6.82. The summed E-state index contributed by atoms with van der Waals surface area (Å²) in [4.78, 5) is 7.11. The number of fused-ring (bicyclic) bond motifs is 6. The zero-order chi connectivity index (χ0) is 30.5. The molecular formula is C43H28N2O. The number of nitrogens with zero attached hydrogens (tertiary/aromatic N) is 2. The van der Waals surface area contributed by atoms with E-state index in [9.17, 15) is 0 Å². The van der Waals surface area contributed by atoms with Crippen LogP contribution in [0.5, 0.6) is 0 Å². The molecule has 7 aromatic carbocycles. The molecule has 0 N–H and O–H groups in total. The first kappa shape index (κ1) is 26.2. The van der Waals surface area contributed by atoms with Crippen molar-refractivity contribution in [1.82, 2.24) is 4.98 Å². The summed E-state index contributed by atoms with van der Waals surface area (Å²) in [6.07, 6.45) is 1.86. The number of hydrogen-bond acceptors (Lipinski definition) is 3. The molecule has 9 rings (SSSR count). The average Bonchev–Trinajstić information content (AvgIpc) is 3.52. The molecule has 3 nitrogen and oxygen atoms in total. The van der Waals surface area contributed by atoms with Gasteiger partial charge in [0.1, 0.15) is 5.58 Å². The van der Waals surface area contributed by atoms with Gasteiger partial charge in [0.05, 0.1) is 16.8 Å². The van der Waals surface area contributed by atoms with Crippen LogP contribution in [0.2, 0.25) is 0 Å². The van der Waals surface area contributed by atoms with Gasteiger partial charge in [-0.25, -0.2) is 4.98 Å². The molecule has 2 aromatic heterocycles. The van der Waals surface area contributed by atoms with Gasteiger partial charge in [-0.3, -0.25) is 0 Å². The highest BCUT2D eigenvalue weighted by Crippen LogP contribution is 2.47. The van der Waals surface area contributed by atoms with E-state index < -0.39 is 0 Å². The Kier molecular flexibility index (Phi) is 6.14. The van der Waals surface area contributed by atoms with Gasteiger partial charge in [0.15, 0.2) is 0 Å². The first-order chi connectivity index (χ1) is 22.8. The normalized spacial score (nSPS) is 11.5. The van der Waals surface area contributed by atoms with E-state index in [4.69, 9.17) is 9.40 Å². The number of rotatable bonds is 5. The second-order valence-electron chi connectivity index (χ2n) is 11.6. The van der Waals surface area contributed by atoms with Gasteiger partial charge in [-0.05, 0) is 63.2 Å². The first-order valence-electron chi connectivity index (χ1n) is 15.6. The van der Waals surface area contributed by atoms with Crippen molar-refractivity contribution in [3.8, 4) is 22.3 Å². The van der Waals surface area contributed by atoms with Gasteiger partial charge in [0.2, 0.25) is 5.71 Å². The van der Waals surface area contributed by atoms with Crippen LogP contribution in [0.4, 0.5) is 17.1 Å². The van der Waals surface area contributed by atoms with Crippen molar-refractivity contribution in [1.29, 1.82) is 0 Å². The lowest BCUT2D eigenvalue weighted by molar-refractivity contribution is 0.657. The van der Waals surface area contributed by atoms with Crippen LogP contribution in [0.3, 0.4) is 0 Å². The van der Waals surface area contributed by atoms with Crippen LogP contribution in [0.25, 0.3) is 65.9 Å². The predicted octanol–water partition coefficient (Wildman–Crippen LogP) is 12.1. The van der Waals surface area contributed by atoms with Crippen LogP contribution in [0.1, 0.15) is 0 Å². The summed E-state index contributed by atoms with van der Waals surface area (Å²) in [7, 11) is 0. The molecule has 2 heterocycles. The van der Waals surface area contributed by atoms with Crippen molar-refractivity contribution in [2.45, 2.75) is 0 Å². The third-order valence-corrected chi connectivity index (χ3v) is 8.92. The summed E-state index contributed by atoms with van der Waals surface area (Å²) >= 11 is 0. The Morgan fingerprint density at radius 2 is 1.13 bits per heavy atom. The zero-order valence-electron chi connectivity index (χ0n) is 25.0. The number of benzene rings is 7. The molecule has 3 heteroatoms. The number of hydrogen-bond donors (Lipinski definition) is 0. The molecule has 0 spiro atoms.